The molecule has 0 bridgehead atoms. The fraction of sp³-hybridized carbons (Fsp3) is 0.261. The van der Waals surface area contributed by atoms with Crippen LogP contribution in [0.15, 0.2) is 60.2 Å². The summed E-state index contributed by atoms with van der Waals surface area (Å²) in [6, 6.07) is 10.6. The maximum atomic E-state index is 14.4. The van der Waals surface area contributed by atoms with E-state index in [0.29, 0.717) is 12.8 Å². The molecule has 32 heavy (non-hydrogen) atoms. The van der Waals surface area contributed by atoms with Gasteiger partial charge in [-0.25, -0.2) is 9.40 Å². The largest absolute Gasteiger partial charge is 0.273 e. The second-order valence-corrected chi connectivity index (χ2v) is 7.95. The molecule has 1 saturated heterocycles. The standard InChI is InChI=1S/C23H20FN3O5/c1-14-6-11-18-19(12-14)23(30)26(22(18)29)25(13-16-4-2-3-5-20(16)24)21(28)15-7-9-17(10-8-15)27(31)32/h2-10,18-19H,11-13H2,1H3/t18-,19+/m1/s1. The van der Waals surface area contributed by atoms with Crippen LogP contribution in [-0.4, -0.2) is 32.7 Å². The normalized spacial score (nSPS) is 20.1. The van der Waals surface area contributed by atoms with Gasteiger partial charge in [0.15, 0.2) is 0 Å². The fourth-order valence-electron chi connectivity index (χ4n) is 4.15. The van der Waals surface area contributed by atoms with Crippen LogP contribution in [0.25, 0.3) is 0 Å². The van der Waals surface area contributed by atoms with Crippen molar-refractivity contribution in [2.24, 2.45) is 11.8 Å². The van der Waals surface area contributed by atoms with Crippen molar-refractivity contribution in [2.45, 2.75) is 26.3 Å². The first-order valence-corrected chi connectivity index (χ1v) is 10.1. The van der Waals surface area contributed by atoms with Gasteiger partial charge in [0, 0.05) is 23.3 Å². The Morgan fingerprint density at radius 2 is 1.78 bits per heavy atom. The topological polar surface area (TPSA) is 101 Å². The van der Waals surface area contributed by atoms with Crippen molar-refractivity contribution < 1.29 is 23.7 Å². The molecule has 2 atom stereocenters. The number of fused-ring (bicyclic) bond motifs is 1. The summed E-state index contributed by atoms with van der Waals surface area (Å²) in [6.07, 6.45) is 2.73. The summed E-state index contributed by atoms with van der Waals surface area (Å²) in [7, 11) is 0. The number of non-ortho nitro benzene ring substituents is 1. The molecule has 8 nitrogen and oxygen atoms in total. The second kappa shape index (κ2) is 8.33. The van der Waals surface area contributed by atoms with Gasteiger partial charge in [-0.05, 0) is 38.0 Å². The van der Waals surface area contributed by atoms with Gasteiger partial charge in [-0.1, -0.05) is 29.8 Å². The molecule has 4 rings (SSSR count). The number of hydrazine groups is 1. The van der Waals surface area contributed by atoms with Crippen LogP contribution in [0.4, 0.5) is 10.1 Å². The van der Waals surface area contributed by atoms with Gasteiger partial charge in [0.05, 0.1) is 23.3 Å². The number of imide groups is 1. The molecule has 9 heteroatoms. The number of nitro groups is 1. The molecule has 0 spiro atoms. The highest BCUT2D eigenvalue weighted by molar-refractivity contribution is 6.08. The average Bonchev–Trinajstić information content (AvgIpc) is 3.02. The lowest BCUT2D eigenvalue weighted by molar-refractivity contribution is -0.384. The number of hydrogen-bond donors (Lipinski definition) is 0. The van der Waals surface area contributed by atoms with Crippen LogP contribution < -0.4 is 0 Å². The molecule has 0 radical (unpaired) electrons. The Bertz CT molecular complexity index is 1140. The van der Waals surface area contributed by atoms with Gasteiger partial charge < -0.3 is 0 Å². The van der Waals surface area contributed by atoms with Crippen molar-refractivity contribution in [1.82, 2.24) is 10.0 Å². The minimum absolute atomic E-state index is 0.0386. The van der Waals surface area contributed by atoms with Gasteiger partial charge in [-0.3, -0.25) is 24.5 Å². The Kier molecular flexibility index (Phi) is 5.56. The quantitative estimate of drug-likeness (QED) is 0.308. The zero-order chi connectivity index (χ0) is 23.0. The van der Waals surface area contributed by atoms with Crippen molar-refractivity contribution in [2.75, 3.05) is 0 Å². The third-order valence-corrected chi connectivity index (χ3v) is 5.88. The van der Waals surface area contributed by atoms with Crippen molar-refractivity contribution in [3.63, 3.8) is 0 Å². The predicted molar refractivity (Wildman–Crippen MR) is 111 cm³/mol. The van der Waals surface area contributed by atoms with Crippen LogP contribution in [0.2, 0.25) is 0 Å². The zero-order valence-corrected chi connectivity index (χ0v) is 17.2. The number of amides is 3. The lowest BCUT2D eigenvalue weighted by Gasteiger charge is -2.30. The first-order valence-electron chi connectivity index (χ1n) is 10.1. The van der Waals surface area contributed by atoms with Crippen molar-refractivity contribution in [1.29, 1.82) is 0 Å². The van der Waals surface area contributed by atoms with Crippen LogP contribution in [0.5, 0.6) is 0 Å². The highest BCUT2D eigenvalue weighted by atomic mass is 19.1. The minimum atomic E-state index is -0.729. The molecular weight excluding hydrogens is 417 g/mol. The monoisotopic (exact) mass is 437 g/mol. The molecule has 0 unspecified atom stereocenters. The smallest absolute Gasteiger partial charge is 0.272 e. The molecule has 0 saturated carbocycles. The Morgan fingerprint density at radius 1 is 1.12 bits per heavy atom. The molecule has 2 aliphatic rings. The third-order valence-electron chi connectivity index (χ3n) is 5.88. The van der Waals surface area contributed by atoms with Crippen LogP contribution in [-0.2, 0) is 16.1 Å². The van der Waals surface area contributed by atoms with E-state index in [1.165, 1.54) is 30.3 Å². The summed E-state index contributed by atoms with van der Waals surface area (Å²) < 4.78 is 14.4. The van der Waals surface area contributed by atoms with Crippen molar-refractivity contribution in [3.8, 4) is 0 Å². The number of benzene rings is 2. The van der Waals surface area contributed by atoms with E-state index in [9.17, 15) is 28.9 Å². The Labute approximate surface area is 183 Å². The van der Waals surface area contributed by atoms with Gasteiger partial charge in [-0.15, -0.1) is 0 Å². The van der Waals surface area contributed by atoms with Gasteiger partial charge in [0.1, 0.15) is 5.82 Å². The molecule has 2 aromatic carbocycles. The predicted octanol–water partition coefficient (Wildman–Crippen LogP) is 3.63. The molecule has 0 aromatic heterocycles. The van der Waals surface area contributed by atoms with E-state index in [1.54, 1.807) is 6.07 Å². The molecule has 1 heterocycles. The van der Waals surface area contributed by atoms with Crippen molar-refractivity contribution in [3.05, 3.63) is 87.2 Å². The van der Waals surface area contributed by atoms with E-state index in [0.717, 1.165) is 27.7 Å². The molecule has 1 aliphatic carbocycles. The highest BCUT2D eigenvalue weighted by Gasteiger charge is 2.51. The Hall–Kier alpha value is -3.88. The minimum Gasteiger partial charge on any atom is -0.272 e. The summed E-state index contributed by atoms with van der Waals surface area (Å²) in [5.41, 5.74) is 0.962. The van der Waals surface area contributed by atoms with Gasteiger partial charge in [0.25, 0.3) is 23.4 Å². The number of carbonyl (C=O) groups is 3. The highest BCUT2D eigenvalue weighted by Crippen LogP contribution is 2.39. The van der Waals surface area contributed by atoms with E-state index in [4.69, 9.17) is 0 Å². The number of rotatable bonds is 5. The summed E-state index contributed by atoms with van der Waals surface area (Å²) >= 11 is 0. The Morgan fingerprint density at radius 3 is 2.44 bits per heavy atom. The molecule has 2 aromatic rings. The van der Waals surface area contributed by atoms with Crippen LogP contribution >= 0.6 is 0 Å². The summed E-state index contributed by atoms with van der Waals surface area (Å²) in [4.78, 5) is 50.0. The van der Waals surface area contributed by atoms with E-state index in [2.05, 4.69) is 0 Å². The SMILES string of the molecule is CC1=CC[C@H]2C(=O)N(N(Cc3ccccc3F)C(=O)c3ccc([N+](=O)[O-])cc3)C(=O)[C@H]2C1. The first-order chi connectivity index (χ1) is 15.3. The molecule has 164 valence electrons. The maximum absolute atomic E-state index is 14.4. The number of halogens is 1. The maximum Gasteiger partial charge on any atom is 0.273 e. The summed E-state index contributed by atoms with van der Waals surface area (Å²) in [6.45, 7) is 1.54. The van der Waals surface area contributed by atoms with Crippen LogP contribution in [0.3, 0.4) is 0 Å². The Balaban J connectivity index is 1.72. The van der Waals surface area contributed by atoms with Crippen molar-refractivity contribution >= 4 is 23.4 Å². The van der Waals surface area contributed by atoms with E-state index in [-0.39, 0.29) is 23.4 Å². The van der Waals surface area contributed by atoms with E-state index < -0.39 is 40.3 Å². The number of hydrogen-bond acceptors (Lipinski definition) is 5. The number of nitro benzene ring substituents is 1. The summed E-state index contributed by atoms with van der Waals surface area (Å²) in [5, 5.41) is 12.7. The fourth-order valence-corrected chi connectivity index (χ4v) is 4.15. The average molecular weight is 437 g/mol. The second-order valence-electron chi connectivity index (χ2n) is 7.95. The zero-order valence-electron chi connectivity index (χ0n) is 17.2. The number of carbonyl (C=O) groups excluding carboxylic acids is 3. The lowest BCUT2D eigenvalue weighted by atomic mass is 9.82. The molecule has 1 fully saturated rings. The van der Waals surface area contributed by atoms with Gasteiger partial charge >= 0.3 is 0 Å². The van der Waals surface area contributed by atoms with Crippen LogP contribution in [0.1, 0.15) is 35.7 Å². The van der Waals surface area contributed by atoms with Crippen LogP contribution in [0, 0.1) is 27.8 Å². The van der Waals surface area contributed by atoms with Gasteiger partial charge in [0.2, 0.25) is 0 Å². The molecule has 3 amide bonds. The van der Waals surface area contributed by atoms with E-state index in [1.807, 2.05) is 13.0 Å². The summed E-state index contributed by atoms with van der Waals surface area (Å²) in [5.74, 6) is -3.45. The van der Waals surface area contributed by atoms with E-state index >= 15 is 0 Å². The third kappa shape index (κ3) is 3.77. The molecular formula is C23H20FN3O5. The lowest BCUT2D eigenvalue weighted by Crippen LogP contribution is -2.50. The number of nitrogens with zero attached hydrogens (tertiary/aromatic N) is 3. The molecule has 0 N–H and O–H groups in total. The van der Waals surface area contributed by atoms with Gasteiger partial charge in [-0.2, -0.15) is 5.01 Å². The molecule has 1 aliphatic heterocycles. The number of allylic oxidation sites excluding steroid dienone is 2. The first kappa shape index (κ1) is 21.4.